The molecular weight excluding hydrogens is 922 g/mol. The van der Waals surface area contributed by atoms with Crippen LogP contribution in [0.2, 0.25) is 5.15 Å². The van der Waals surface area contributed by atoms with Crippen molar-refractivity contribution < 1.29 is 55.8 Å². The number of nitrogens with one attached hydrogen (secondary N) is 1. The van der Waals surface area contributed by atoms with Crippen LogP contribution in [0.1, 0.15) is 95.4 Å². The van der Waals surface area contributed by atoms with Gasteiger partial charge in [-0.3, -0.25) is 19.2 Å². The molecular formula is C47H77AlClLiN8O7S2. The van der Waals surface area contributed by atoms with E-state index < -0.39 is 5.97 Å². The van der Waals surface area contributed by atoms with Crippen molar-refractivity contribution in [3.8, 4) is 5.88 Å². The minimum absolute atomic E-state index is 0. The van der Waals surface area contributed by atoms with E-state index in [9.17, 15) is 19.2 Å². The SMILES string of the molecule is C.CN(C)C(=O)C1CC(=O)C1.CN(C)CC1CC(O)C1.CN(C)CC1CC(Oc2ncnc3sc4c(c23)CCC4)C1.CNC.Clc1ncnc2sc3c(c12)CCC3.O=C1CC(C(=O)O)C1.[2HH].[AlH3].[H-].[Li+]. The van der Waals surface area contributed by atoms with Crippen LogP contribution < -0.4 is 28.9 Å². The molecule has 0 aromatic carbocycles. The first kappa shape index (κ1) is 60.5. The van der Waals surface area contributed by atoms with Crippen molar-refractivity contribution in [1.29, 1.82) is 0 Å². The van der Waals surface area contributed by atoms with E-state index in [0.717, 1.165) is 84.4 Å². The molecule has 15 nitrogen and oxygen atoms in total. The van der Waals surface area contributed by atoms with Gasteiger partial charge in [-0.1, -0.05) is 19.0 Å². The Morgan fingerprint density at radius 3 is 1.66 bits per heavy atom. The number of amides is 1. The van der Waals surface area contributed by atoms with E-state index in [4.69, 9.17) is 26.6 Å². The van der Waals surface area contributed by atoms with Crippen LogP contribution in [0.5, 0.6) is 5.88 Å². The number of carbonyl (C=O) groups is 4. The molecule has 0 radical (unpaired) electrons. The molecule has 67 heavy (non-hydrogen) atoms. The number of aliphatic hydroxyl groups is 1. The fourth-order valence-corrected chi connectivity index (χ4v) is 11.3. The molecule has 20 heteroatoms. The van der Waals surface area contributed by atoms with Gasteiger partial charge in [-0.2, -0.15) is 0 Å². The number of rotatable bonds is 8. The van der Waals surface area contributed by atoms with Crippen molar-refractivity contribution in [3.05, 3.63) is 38.7 Å². The maximum atomic E-state index is 11.0. The van der Waals surface area contributed by atoms with Gasteiger partial charge >= 0.3 is 24.8 Å². The molecule has 10 rings (SSSR count). The van der Waals surface area contributed by atoms with Crippen LogP contribution in [-0.2, 0) is 44.9 Å². The second kappa shape index (κ2) is 28.9. The number of hydrogen-bond acceptors (Lipinski definition) is 15. The Balaban J connectivity index is 0.000000849. The van der Waals surface area contributed by atoms with Crippen molar-refractivity contribution in [3.63, 3.8) is 0 Å². The number of carbonyl (C=O) groups excluding carboxylic acids is 3. The zero-order chi connectivity index (χ0) is 46.7. The Morgan fingerprint density at radius 2 is 1.22 bits per heavy atom. The molecule has 0 atom stereocenters. The average molecular weight is 1000 g/mol. The molecule has 0 saturated heterocycles. The normalized spacial score (nSPS) is 20.7. The summed E-state index contributed by atoms with van der Waals surface area (Å²) in [4.78, 5) is 69.8. The summed E-state index contributed by atoms with van der Waals surface area (Å²) in [6, 6.07) is 0. The smallest absolute Gasteiger partial charge is 1.00 e. The molecule has 0 bridgehead atoms. The van der Waals surface area contributed by atoms with Crippen LogP contribution in [0.4, 0.5) is 0 Å². The van der Waals surface area contributed by atoms with E-state index in [1.807, 2.05) is 25.4 Å². The van der Waals surface area contributed by atoms with Gasteiger partial charge in [0, 0.05) is 64.0 Å². The number of fused-ring (bicyclic) bond motifs is 6. The van der Waals surface area contributed by atoms with Crippen molar-refractivity contribution in [2.75, 3.05) is 69.5 Å². The van der Waals surface area contributed by atoms with E-state index in [1.165, 1.54) is 63.2 Å². The van der Waals surface area contributed by atoms with Gasteiger partial charge in [-0.05, 0) is 129 Å². The standard InChI is InChI=1S/C16H21N3OS.C9H7ClN2S.C7H11NO2.C7H15NO.C5H6O3.C2H7N.CH4.Al.Li.H2.4H/c1-19(2)8-10-6-11(7-10)20-15-14-12-4-3-5-13(12)21-16(14)18-9-17-15;10-8-7-5-2-1-3-6(5)13-9(7)12-4-11-8;1-8(2)7(10)5-3-6(9)4-5;1-8(2)5-6-3-7(9)4-6;6-4-1-3(2-4)5(7)8;1-3-2;;;;;;;;/h9-11H,3-8H2,1-2H3;4H,1-3H2;5H,3-4H2,1-2H3;6-7,9H,3-5H2,1-2H3;3H,1-2H2,(H,7,8);3H,1-2H3;1H4;;;1H;;;;/q;;;;;;;;+1;;;;;-1/i;;;;;;;;;1+1;;;;. The molecule has 3 N–H and O–H groups in total. The number of carboxylic acids is 1. The maximum Gasteiger partial charge on any atom is 1.00 e. The van der Waals surface area contributed by atoms with Crippen molar-refractivity contribution in [1.82, 2.24) is 40.0 Å². The zero-order valence-electron chi connectivity index (χ0n) is 40.7. The molecule has 6 aliphatic carbocycles. The molecule has 4 aromatic rings. The number of aliphatic hydroxyl groups excluding tert-OH is 1. The van der Waals surface area contributed by atoms with Gasteiger partial charge < -0.3 is 36.4 Å². The van der Waals surface area contributed by atoms with Crippen molar-refractivity contribution in [2.24, 2.45) is 23.7 Å². The maximum absolute atomic E-state index is 11.0. The number of hydrogen-bond donors (Lipinski definition) is 3. The third-order valence-electron chi connectivity index (χ3n) is 11.9. The van der Waals surface area contributed by atoms with Crippen LogP contribution >= 0.6 is 34.3 Å². The van der Waals surface area contributed by atoms with Gasteiger partial charge in [-0.25, -0.2) is 19.9 Å². The van der Waals surface area contributed by atoms with Gasteiger partial charge in [0.2, 0.25) is 11.8 Å². The minimum atomic E-state index is -0.843. The summed E-state index contributed by atoms with van der Waals surface area (Å²) in [5.41, 5.74) is 2.85. The molecule has 1 amide bonds. The Bertz CT molecular complexity index is 2220. The van der Waals surface area contributed by atoms with Crippen LogP contribution in [0.25, 0.3) is 20.4 Å². The predicted molar refractivity (Wildman–Crippen MR) is 274 cm³/mol. The first-order chi connectivity index (χ1) is 30.5. The first-order valence-corrected chi connectivity index (χ1v) is 24.3. The Kier molecular flexibility index (Phi) is 26.1. The van der Waals surface area contributed by atoms with E-state index in [-0.39, 0.29) is 94.8 Å². The van der Waals surface area contributed by atoms with Gasteiger partial charge in [-0.15, -0.1) is 22.7 Å². The van der Waals surface area contributed by atoms with Crippen LogP contribution in [0, 0.1) is 23.7 Å². The summed E-state index contributed by atoms with van der Waals surface area (Å²) in [6.45, 7) is 2.30. The summed E-state index contributed by atoms with van der Waals surface area (Å²) in [6.07, 6.45) is 16.5. The third-order valence-corrected chi connectivity index (χ3v) is 14.6. The number of aromatic nitrogens is 4. The van der Waals surface area contributed by atoms with E-state index in [1.54, 1.807) is 31.8 Å². The van der Waals surface area contributed by atoms with E-state index >= 15 is 0 Å². The first-order valence-electron chi connectivity index (χ1n) is 22.3. The Labute approximate surface area is 435 Å². The molecule has 4 aromatic heterocycles. The van der Waals surface area contributed by atoms with E-state index in [0.29, 0.717) is 24.1 Å². The van der Waals surface area contributed by atoms with Gasteiger partial charge in [0.25, 0.3) is 0 Å². The number of halogens is 1. The average Bonchev–Trinajstić information content (AvgIpc) is 3.97. The molecule has 4 fully saturated rings. The molecule has 4 heterocycles. The summed E-state index contributed by atoms with van der Waals surface area (Å²) in [5.74, 6) is 1.49. The second-order valence-corrected chi connectivity index (χ2v) is 20.9. The van der Waals surface area contributed by atoms with Crippen LogP contribution in [0.3, 0.4) is 0 Å². The van der Waals surface area contributed by atoms with Crippen molar-refractivity contribution >= 4 is 95.5 Å². The quantitative estimate of drug-likeness (QED) is 0.173. The fourth-order valence-electron chi connectivity index (χ4n) is 8.53. The van der Waals surface area contributed by atoms with Gasteiger partial charge in [0.15, 0.2) is 17.4 Å². The Morgan fingerprint density at radius 1 is 0.776 bits per heavy atom. The number of ketones is 2. The third kappa shape index (κ3) is 17.4. The Hall–Kier alpha value is -2.58. The number of aliphatic carboxylic acids is 1. The zero-order valence-corrected chi connectivity index (χ0v) is 42.1. The topological polar surface area (TPSA) is 191 Å². The number of Topliss-reactive ketones (excluding diaryl/α,β-unsaturated/α-hetero) is 2. The van der Waals surface area contributed by atoms with E-state index in [2.05, 4.69) is 63.2 Å². The van der Waals surface area contributed by atoms with Gasteiger partial charge in [0.05, 0.1) is 28.7 Å². The molecule has 6 aliphatic rings. The number of aryl methyl sites for hydroxylation is 4. The number of carboxylic acid groups (broad SMARTS) is 1. The number of nitrogens with zero attached hydrogens (tertiary/aromatic N) is 7. The molecule has 0 spiro atoms. The largest absolute Gasteiger partial charge is 1.00 e. The fraction of sp³-hybridized carbons (Fsp3) is 0.660. The summed E-state index contributed by atoms with van der Waals surface area (Å²) < 4.78 is 6.20. The molecule has 0 aliphatic heterocycles. The van der Waals surface area contributed by atoms with Crippen molar-refractivity contribution in [2.45, 2.75) is 110 Å². The summed E-state index contributed by atoms with van der Waals surface area (Å²) in [7, 11) is 15.6. The second-order valence-electron chi connectivity index (χ2n) is 18.4. The number of ether oxygens (including phenoxy) is 1. The predicted octanol–water partition coefficient (Wildman–Crippen LogP) is 2.81. The van der Waals surface area contributed by atoms with Crippen LogP contribution in [0.15, 0.2) is 12.7 Å². The summed E-state index contributed by atoms with van der Waals surface area (Å²) in [5, 5.41) is 22.8. The molecule has 4 saturated carbocycles. The monoisotopic (exact) mass is 1000 g/mol. The minimum Gasteiger partial charge on any atom is -1.00 e. The molecule has 0 unspecified atom stereocenters. The van der Waals surface area contributed by atoms with Gasteiger partial charge in [0.1, 0.15) is 45.1 Å². The number of thiophene rings is 2. The summed E-state index contributed by atoms with van der Waals surface area (Å²) >= 11 is 9.63. The molecule has 370 valence electrons. The van der Waals surface area contributed by atoms with Crippen LogP contribution in [-0.4, -0.2) is 167 Å².